The third-order valence-corrected chi connectivity index (χ3v) is 3.91. The Morgan fingerprint density at radius 1 is 1.45 bits per heavy atom. The maximum atomic E-state index is 11.8. The summed E-state index contributed by atoms with van der Waals surface area (Å²) in [6.07, 6.45) is 2.88. The molecule has 1 rings (SSSR count). The highest BCUT2D eigenvalue weighted by atomic mass is 127. The summed E-state index contributed by atoms with van der Waals surface area (Å²) in [5.74, 6) is -0.0972. The summed E-state index contributed by atoms with van der Waals surface area (Å²) in [6, 6.07) is 4.52. The van der Waals surface area contributed by atoms with Gasteiger partial charge in [-0.3, -0.25) is 0 Å². The van der Waals surface area contributed by atoms with Gasteiger partial charge in [0.05, 0.1) is 11.3 Å². The Bertz CT molecular complexity index is 497. The van der Waals surface area contributed by atoms with E-state index in [9.17, 15) is 9.59 Å². The van der Waals surface area contributed by atoms with Crippen LogP contribution < -0.4 is 10.6 Å². The molecule has 0 saturated carbocycles. The van der Waals surface area contributed by atoms with E-state index in [2.05, 4.69) is 10.6 Å². The van der Waals surface area contributed by atoms with E-state index in [0.29, 0.717) is 5.69 Å². The zero-order chi connectivity index (χ0) is 15.1. The minimum atomic E-state index is -1.06. The van der Waals surface area contributed by atoms with Gasteiger partial charge in [-0.25, -0.2) is 9.59 Å². The van der Waals surface area contributed by atoms with Crippen LogP contribution in [0.15, 0.2) is 18.2 Å². The van der Waals surface area contributed by atoms with Crippen molar-refractivity contribution in [2.45, 2.75) is 19.4 Å². The van der Waals surface area contributed by atoms with E-state index in [1.165, 1.54) is 6.07 Å². The van der Waals surface area contributed by atoms with Crippen molar-refractivity contribution < 1.29 is 14.7 Å². The number of nitrogens with one attached hydrogen (secondary N) is 2. The first-order valence-corrected chi connectivity index (χ1v) is 8.50. The number of carbonyl (C=O) groups is 2. The molecule has 0 fully saturated rings. The smallest absolute Gasteiger partial charge is 0.337 e. The van der Waals surface area contributed by atoms with Crippen molar-refractivity contribution in [1.29, 1.82) is 0 Å². The first-order chi connectivity index (χ1) is 9.43. The molecule has 1 atom stereocenters. The predicted molar refractivity (Wildman–Crippen MR) is 90.7 cm³/mol. The zero-order valence-electron chi connectivity index (χ0n) is 11.3. The summed E-state index contributed by atoms with van der Waals surface area (Å²) >= 11 is 3.75. The van der Waals surface area contributed by atoms with Crippen molar-refractivity contribution >= 4 is 52.0 Å². The molecule has 0 heterocycles. The summed E-state index contributed by atoms with van der Waals surface area (Å²) < 4.78 is 0.805. The number of rotatable bonds is 6. The Morgan fingerprint density at radius 2 is 2.15 bits per heavy atom. The quantitative estimate of drug-likeness (QED) is 0.632. The van der Waals surface area contributed by atoms with Gasteiger partial charge in [0, 0.05) is 9.61 Å². The maximum absolute atomic E-state index is 11.8. The molecule has 0 aromatic heterocycles. The Kier molecular flexibility index (Phi) is 7.14. The van der Waals surface area contributed by atoms with Crippen LogP contribution in [0, 0.1) is 3.57 Å². The van der Waals surface area contributed by atoms with E-state index in [0.717, 1.165) is 15.7 Å². The van der Waals surface area contributed by atoms with E-state index in [1.807, 2.05) is 35.8 Å². The first kappa shape index (κ1) is 17.1. The molecule has 0 bridgehead atoms. The van der Waals surface area contributed by atoms with E-state index in [1.54, 1.807) is 23.9 Å². The summed E-state index contributed by atoms with van der Waals surface area (Å²) in [6.45, 7) is 1.92. The summed E-state index contributed by atoms with van der Waals surface area (Å²) in [4.78, 5) is 23.0. The SMILES string of the molecule is CSCCC(C)NC(=O)Nc1ccc(I)cc1C(=O)O. The average Bonchev–Trinajstić information content (AvgIpc) is 2.38. The summed E-state index contributed by atoms with van der Waals surface area (Å²) in [5.41, 5.74) is 0.385. The second-order valence-electron chi connectivity index (χ2n) is 4.28. The number of amides is 2. The van der Waals surface area contributed by atoms with Crippen LogP contribution in [0.2, 0.25) is 0 Å². The number of hydrogen-bond donors (Lipinski definition) is 3. The van der Waals surface area contributed by atoms with Crippen molar-refractivity contribution in [3.8, 4) is 0 Å². The highest BCUT2D eigenvalue weighted by Crippen LogP contribution is 2.19. The molecule has 0 saturated heterocycles. The van der Waals surface area contributed by atoms with Crippen LogP contribution in [0.5, 0.6) is 0 Å². The number of carboxylic acids is 1. The van der Waals surface area contributed by atoms with Gasteiger partial charge in [-0.2, -0.15) is 11.8 Å². The molecular formula is C13H17IN2O3S. The number of anilines is 1. The number of aromatic carboxylic acids is 1. The summed E-state index contributed by atoms with van der Waals surface area (Å²) in [7, 11) is 0. The van der Waals surface area contributed by atoms with Gasteiger partial charge in [-0.1, -0.05) is 0 Å². The van der Waals surface area contributed by atoms with Gasteiger partial charge in [0.1, 0.15) is 0 Å². The van der Waals surface area contributed by atoms with Gasteiger partial charge in [0.25, 0.3) is 0 Å². The van der Waals surface area contributed by atoms with Gasteiger partial charge >= 0.3 is 12.0 Å². The van der Waals surface area contributed by atoms with Gasteiger partial charge < -0.3 is 15.7 Å². The fourth-order valence-electron chi connectivity index (χ4n) is 1.55. The van der Waals surface area contributed by atoms with Gasteiger partial charge in [-0.15, -0.1) is 0 Å². The highest BCUT2D eigenvalue weighted by molar-refractivity contribution is 14.1. The molecule has 7 heteroatoms. The minimum absolute atomic E-state index is 0.0413. The van der Waals surface area contributed by atoms with E-state index >= 15 is 0 Å². The Balaban J connectivity index is 2.68. The van der Waals surface area contributed by atoms with Gasteiger partial charge in [0.2, 0.25) is 0 Å². The molecule has 0 spiro atoms. The predicted octanol–water partition coefficient (Wildman–Crippen LogP) is 3.25. The number of urea groups is 1. The third-order valence-electron chi connectivity index (χ3n) is 2.59. The molecule has 0 aliphatic carbocycles. The summed E-state index contributed by atoms with van der Waals surface area (Å²) in [5, 5.41) is 14.5. The lowest BCUT2D eigenvalue weighted by Gasteiger charge is -2.15. The third kappa shape index (κ3) is 5.58. The lowest BCUT2D eigenvalue weighted by Crippen LogP contribution is -2.36. The molecule has 1 aromatic rings. The molecule has 0 radical (unpaired) electrons. The first-order valence-electron chi connectivity index (χ1n) is 6.03. The van der Waals surface area contributed by atoms with Crippen molar-refractivity contribution in [1.82, 2.24) is 5.32 Å². The van der Waals surface area contributed by atoms with E-state index < -0.39 is 5.97 Å². The number of thioether (sulfide) groups is 1. The van der Waals surface area contributed by atoms with Crippen LogP contribution in [-0.4, -0.2) is 35.2 Å². The molecule has 110 valence electrons. The van der Waals surface area contributed by atoms with Crippen LogP contribution in [0.4, 0.5) is 10.5 Å². The fraction of sp³-hybridized carbons (Fsp3) is 0.385. The second-order valence-corrected chi connectivity index (χ2v) is 6.51. The molecule has 5 nitrogen and oxygen atoms in total. The van der Waals surface area contributed by atoms with E-state index in [4.69, 9.17) is 5.11 Å². The van der Waals surface area contributed by atoms with Crippen LogP contribution in [0.1, 0.15) is 23.7 Å². The normalized spacial score (nSPS) is 11.8. The molecule has 2 amide bonds. The average molecular weight is 408 g/mol. The standard InChI is InChI=1S/C13H17IN2O3S/c1-8(5-6-20-2)15-13(19)16-11-4-3-9(14)7-10(11)12(17)18/h3-4,7-8H,5-6H2,1-2H3,(H,17,18)(H2,15,16,19). The van der Waals surface area contributed by atoms with Crippen molar-refractivity contribution in [2.75, 3.05) is 17.3 Å². The minimum Gasteiger partial charge on any atom is -0.478 e. The molecule has 20 heavy (non-hydrogen) atoms. The molecular weight excluding hydrogens is 391 g/mol. The molecule has 0 aliphatic heterocycles. The zero-order valence-corrected chi connectivity index (χ0v) is 14.2. The fourth-order valence-corrected chi connectivity index (χ4v) is 2.63. The molecule has 3 N–H and O–H groups in total. The van der Waals surface area contributed by atoms with Crippen LogP contribution in [0.3, 0.4) is 0 Å². The van der Waals surface area contributed by atoms with Gasteiger partial charge in [0.15, 0.2) is 0 Å². The number of carboxylic acid groups (broad SMARTS) is 1. The van der Waals surface area contributed by atoms with Crippen LogP contribution in [-0.2, 0) is 0 Å². The monoisotopic (exact) mass is 408 g/mol. The van der Waals surface area contributed by atoms with Crippen LogP contribution >= 0.6 is 34.4 Å². The molecule has 1 aromatic carbocycles. The topological polar surface area (TPSA) is 78.4 Å². The van der Waals surface area contributed by atoms with Crippen molar-refractivity contribution in [3.63, 3.8) is 0 Å². The number of carbonyl (C=O) groups excluding carboxylic acids is 1. The largest absolute Gasteiger partial charge is 0.478 e. The number of hydrogen-bond acceptors (Lipinski definition) is 3. The maximum Gasteiger partial charge on any atom is 0.337 e. The highest BCUT2D eigenvalue weighted by Gasteiger charge is 2.14. The second kappa shape index (κ2) is 8.35. The lowest BCUT2D eigenvalue weighted by atomic mass is 10.2. The van der Waals surface area contributed by atoms with Crippen LogP contribution in [0.25, 0.3) is 0 Å². The molecule has 1 unspecified atom stereocenters. The lowest BCUT2D eigenvalue weighted by molar-refractivity contribution is 0.0698. The Labute approximate surface area is 136 Å². The molecule has 0 aliphatic rings. The van der Waals surface area contributed by atoms with E-state index in [-0.39, 0.29) is 17.6 Å². The van der Waals surface area contributed by atoms with Gasteiger partial charge in [-0.05, 0) is 66.1 Å². The Morgan fingerprint density at radius 3 is 2.75 bits per heavy atom. The van der Waals surface area contributed by atoms with Crippen molar-refractivity contribution in [2.24, 2.45) is 0 Å². The number of benzene rings is 1. The Hall–Kier alpha value is -0.960. The van der Waals surface area contributed by atoms with Crippen molar-refractivity contribution in [3.05, 3.63) is 27.3 Å². The number of halogens is 1.